The van der Waals surface area contributed by atoms with Gasteiger partial charge in [-0.15, -0.1) is 0 Å². The second kappa shape index (κ2) is 6.77. The maximum atomic E-state index is 13.1. The summed E-state index contributed by atoms with van der Waals surface area (Å²) >= 11 is 0. The Morgan fingerprint density at radius 1 is 1.35 bits per heavy atom. The van der Waals surface area contributed by atoms with Crippen molar-refractivity contribution in [1.82, 2.24) is 4.98 Å². The van der Waals surface area contributed by atoms with Crippen molar-refractivity contribution >= 4 is 17.3 Å². The van der Waals surface area contributed by atoms with Crippen LogP contribution in [-0.2, 0) is 0 Å². The summed E-state index contributed by atoms with van der Waals surface area (Å²) in [6.45, 7) is 4.30. The Balaban J connectivity index is 1.68. The van der Waals surface area contributed by atoms with Gasteiger partial charge in [-0.25, -0.2) is 9.37 Å². The van der Waals surface area contributed by atoms with E-state index in [0.29, 0.717) is 17.3 Å². The number of rotatable bonds is 3. The molecule has 1 fully saturated rings. The number of aromatic nitrogens is 1. The molecule has 23 heavy (non-hydrogen) atoms. The largest absolute Gasteiger partial charge is 0.370 e. The summed E-state index contributed by atoms with van der Waals surface area (Å²) in [5.41, 5.74) is 1.78. The molecule has 5 heteroatoms. The third-order valence-corrected chi connectivity index (χ3v) is 4.09. The minimum atomic E-state index is -0.384. The van der Waals surface area contributed by atoms with Crippen molar-refractivity contribution in [2.75, 3.05) is 23.3 Å². The van der Waals surface area contributed by atoms with Crippen molar-refractivity contribution in [3.63, 3.8) is 0 Å². The predicted octanol–water partition coefficient (Wildman–Crippen LogP) is 3.71. The normalized spacial score (nSPS) is 17.8. The summed E-state index contributed by atoms with van der Waals surface area (Å²) in [6.07, 6.45) is 4.18. The Kier molecular flexibility index (Phi) is 4.55. The molecule has 1 atom stereocenters. The van der Waals surface area contributed by atoms with Crippen LogP contribution in [0, 0.1) is 11.7 Å². The van der Waals surface area contributed by atoms with Crippen LogP contribution in [0.1, 0.15) is 30.3 Å². The summed E-state index contributed by atoms with van der Waals surface area (Å²) in [5.74, 6) is -0.0424. The number of halogens is 1. The maximum absolute atomic E-state index is 13.1. The fourth-order valence-corrected chi connectivity index (χ4v) is 2.89. The molecule has 120 valence electrons. The standard InChI is InChI=1S/C18H20FN3O/c1-13-4-3-9-22(12-13)16-7-8-17(20-11-16)18(23)21-15-6-2-5-14(19)10-15/h2,5-8,10-11,13H,3-4,9,12H2,1H3,(H,21,23). The van der Waals surface area contributed by atoms with Crippen LogP contribution in [0.2, 0.25) is 0 Å². The third-order valence-electron chi connectivity index (χ3n) is 4.09. The number of piperidine rings is 1. The number of benzene rings is 1. The number of hydrogen-bond donors (Lipinski definition) is 1. The van der Waals surface area contributed by atoms with E-state index >= 15 is 0 Å². The molecule has 1 aromatic carbocycles. The van der Waals surface area contributed by atoms with Crippen molar-refractivity contribution in [2.24, 2.45) is 5.92 Å². The predicted molar refractivity (Wildman–Crippen MR) is 89.2 cm³/mol. The topological polar surface area (TPSA) is 45.2 Å². The number of amides is 1. The second-order valence-corrected chi connectivity index (χ2v) is 6.06. The molecular formula is C18H20FN3O. The SMILES string of the molecule is CC1CCCN(c2ccc(C(=O)Nc3cccc(F)c3)nc2)C1. The number of nitrogens with one attached hydrogen (secondary N) is 1. The smallest absolute Gasteiger partial charge is 0.274 e. The Hall–Kier alpha value is -2.43. The molecule has 1 N–H and O–H groups in total. The van der Waals surface area contributed by atoms with Gasteiger partial charge in [-0.05, 0) is 49.1 Å². The summed E-state index contributed by atoms with van der Waals surface area (Å²) in [4.78, 5) is 18.7. The van der Waals surface area contributed by atoms with Crippen LogP contribution >= 0.6 is 0 Å². The van der Waals surface area contributed by atoms with Gasteiger partial charge >= 0.3 is 0 Å². The fraction of sp³-hybridized carbons (Fsp3) is 0.333. The van der Waals surface area contributed by atoms with Gasteiger partial charge in [0.15, 0.2) is 0 Å². The number of hydrogen-bond acceptors (Lipinski definition) is 3. The van der Waals surface area contributed by atoms with E-state index in [1.807, 2.05) is 6.07 Å². The molecular weight excluding hydrogens is 293 g/mol. The zero-order valence-corrected chi connectivity index (χ0v) is 13.1. The highest BCUT2D eigenvalue weighted by atomic mass is 19.1. The average Bonchev–Trinajstić information content (AvgIpc) is 2.55. The molecule has 2 heterocycles. The van der Waals surface area contributed by atoms with Crippen molar-refractivity contribution in [3.05, 3.63) is 54.1 Å². The molecule has 0 aliphatic carbocycles. The molecule has 1 aromatic heterocycles. The number of carbonyl (C=O) groups is 1. The van der Waals surface area contributed by atoms with Gasteiger partial charge in [0, 0.05) is 18.8 Å². The van der Waals surface area contributed by atoms with Gasteiger partial charge in [0.05, 0.1) is 11.9 Å². The first-order valence-corrected chi connectivity index (χ1v) is 7.90. The first-order valence-electron chi connectivity index (χ1n) is 7.90. The van der Waals surface area contributed by atoms with Crippen LogP contribution in [0.3, 0.4) is 0 Å². The lowest BCUT2D eigenvalue weighted by Gasteiger charge is -2.32. The van der Waals surface area contributed by atoms with E-state index in [9.17, 15) is 9.18 Å². The van der Waals surface area contributed by atoms with E-state index in [0.717, 1.165) is 18.8 Å². The molecule has 0 bridgehead atoms. The molecule has 1 amide bonds. The maximum Gasteiger partial charge on any atom is 0.274 e. The molecule has 0 spiro atoms. The quantitative estimate of drug-likeness (QED) is 0.939. The lowest BCUT2D eigenvalue weighted by molar-refractivity contribution is 0.102. The second-order valence-electron chi connectivity index (χ2n) is 6.06. The van der Waals surface area contributed by atoms with E-state index in [4.69, 9.17) is 0 Å². The van der Waals surface area contributed by atoms with Gasteiger partial charge in [0.25, 0.3) is 5.91 Å². The minimum absolute atomic E-state index is 0.322. The van der Waals surface area contributed by atoms with Crippen molar-refractivity contribution in [3.8, 4) is 0 Å². The zero-order chi connectivity index (χ0) is 16.2. The van der Waals surface area contributed by atoms with Crippen LogP contribution < -0.4 is 10.2 Å². The lowest BCUT2D eigenvalue weighted by atomic mass is 10.00. The number of nitrogens with zero attached hydrogens (tertiary/aromatic N) is 2. The highest BCUT2D eigenvalue weighted by Crippen LogP contribution is 2.22. The van der Waals surface area contributed by atoms with E-state index in [2.05, 4.69) is 22.1 Å². The first kappa shape index (κ1) is 15.5. The van der Waals surface area contributed by atoms with Crippen LogP contribution in [-0.4, -0.2) is 24.0 Å². The summed E-state index contributed by atoms with van der Waals surface area (Å²) in [5, 5.41) is 2.65. The highest BCUT2D eigenvalue weighted by molar-refractivity contribution is 6.02. The minimum Gasteiger partial charge on any atom is -0.370 e. The van der Waals surface area contributed by atoms with Crippen molar-refractivity contribution in [2.45, 2.75) is 19.8 Å². The van der Waals surface area contributed by atoms with Crippen molar-refractivity contribution < 1.29 is 9.18 Å². The molecule has 3 rings (SSSR count). The van der Waals surface area contributed by atoms with Crippen LogP contribution in [0.4, 0.5) is 15.8 Å². The third kappa shape index (κ3) is 3.86. The van der Waals surface area contributed by atoms with Gasteiger partial charge in [-0.2, -0.15) is 0 Å². The molecule has 4 nitrogen and oxygen atoms in total. The lowest BCUT2D eigenvalue weighted by Crippen LogP contribution is -2.34. The summed E-state index contributed by atoms with van der Waals surface area (Å²) in [7, 11) is 0. The average molecular weight is 313 g/mol. The van der Waals surface area contributed by atoms with E-state index in [1.165, 1.54) is 25.0 Å². The Morgan fingerprint density at radius 2 is 2.22 bits per heavy atom. The van der Waals surface area contributed by atoms with Gasteiger partial charge in [-0.1, -0.05) is 13.0 Å². The molecule has 2 aromatic rings. The van der Waals surface area contributed by atoms with E-state index in [1.54, 1.807) is 24.4 Å². The monoisotopic (exact) mass is 313 g/mol. The van der Waals surface area contributed by atoms with Gasteiger partial charge in [0.1, 0.15) is 11.5 Å². The molecule has 0 radical (unpaired) electrons. The van der Waals surface area contributed by atoms with Crippen molar-refractivity contribution in [1.29, 1.82) is 0 Å². The molecule has 0 saturated carbocycles. The Bertz CT molecular complexity index is 687. The fourth-order valence-electron chi connectivity index (χ4n) is 2.89. The number of pyridine rings is 1. The Labute approximate surface area is 135 Å². The summed E-state index contributed by atoms with van der Waals surface area (Å²) < 4.78 is 13.1. The molecule has 1 aliphatic heterocycles. The first-order chi connectivity index (χ1) is 11.1. The molecule has 1 aliphatic rings. The Morgan fingerprint density at radius 3 is 2.91 bits per heavy atom. The number of anilines is 2. The zero-order valence-electron chi connectivity index (χ0n) is 13.1. The van der Waals surface area contributed by atoms with E-state index in [-0.39, 0.29) is 11.7 Å². The highest BCUT2D eigenvalue weighted by Gasteiger charge is 2.17. The summed E-state index contributed by atoms with van der Waals surface area (Å²) in [6, 6.07) is 9.45. The van der Waals surface area contributed by atoms with Crippen LogP contribution in [0.5, 0.6) is 0 Å². The van der Waals surface area contributed by atoms with Gasteiger partial charge < -0.3 is 10.2 Å². The number of carbonyl (C=O) groups excluding carboxylic acids is 1. The van der Waals surface area contributed by atoms with Crippen LogP contribution in [0.25, 0.3) is 0 Å². The molecule has 1 unspecified atom stereocenters. The molecule has 1 saturated heterocycles. The van der Waals surface area contributed by atoms with Crippen LogP contribution in [0.15, 0.2) is 42.6 Å². The van der Waals surface area contributed by atoms with E-state index < -0.39 is 0 Å². The van der Waals surface area contributed by atoms with Gasteiger partial charge in [0.2, 0.25) is 0 Å². The van der Waals surface area contributed by atoms with Gasteiger partial charge in [-0.3, -0.25) is 4.79 Å².